The molecule has 0 amide bonds. The molecular formula is C127H240O9. The van der Waals surface area contributed by atoms with Crippen LogP contribution in [0.2, 0.25) is 0 Å². The lowest BCUT2D eigenvalue weighted by Gasteiger charge is -2.20. The molecule has 0 aliphatic carbocycles. The summed E-state index contributed by atoms with van der Waals surface area (Å²) in [7, 11) is 0. The van der Waals surface area contributed by atoms with Crippen molar-refractivity contribution in [3.63, 3.8) is 0 Å². The molecule has 802 valence electrons. The zero-order chi connectivity index (χ0) is 98.0. The first-order valence-electron chi connectivity index (χ1n) is 62.0. The van der Waals surface area contributed by atoms with E-state index in [0.29, 0.717) is 39.6 Å². The van der Waals surface area contributed by atoms with E-state index in [0.717, 1.165) is 84.1 Å². The Kier molecular flexibility index (Phi) is 103. The molecule has 0 bridgehead atoms. The van der Waals surface area contributed by atoms with Crippen molar-refractivity contribution in [2.45, 2.75) is 692 Å². The first-order chi connectivity index (χ1) is 67.1. The van der Waals surface area contributed by atoms with Gasteiger partial charge in [-0.1, -0.05) is 619 Å². The van der Waals surface area contributed by atoms with Gasteiger partial charge in [0.2, 0.25) is 11.5 Å². The van der Waals surface area contributed by atoms with Crippen LogP contribution in [0.1, 0.15) is 690 Å². The zero-order valence-electron chi connectivity index (χ0n) is 93.6. The third-order valence-electron chi connectivity index (χ3n) is 28.8. The molecule has 0 aliphatic heterocycles. The average Bonchev–Trinajstić information content (AvgIpc) is 0.829. The normalized spacial score (nSPS) is 11.6. The van der Waals surface area contributed by atoms with E-state index in [1.165, 1.54) is 578 Å². The number of rotatable bonds is 111. The van der Waals surface area contributed by atoms with E-state index < -0.39 is 5.41 Å². The first kappa shape index (κ1) is 131. The summed E-state index contributed by atoms with van der Waals surface area (Å²) in [6, 6.07) is 8.04. The van der Waals surface area contributed by atoms with Crippen LogP contribution in [0.4, 0.5) is 0 Å². The van der Waals surface area contributed by atoms with E-state index in [2.05, 4.69) is 41.5 Å². The number of carbonyl (C=O) groups is 1. The quantitative estimate of drug-likeness (QED) is 0.0512. The summed E-state index contributed by atoms with van der Waals surface area (Å²) in [4.78, 5) is 12.8. The first-order valence-corrected chi connectivity index (χ1v) is 62.0. The maximum absolute atomic E-state index is 12.8. The Morgan fingerprint density at radius 1 is 0.191 bits per heavy atom. The Balaban J connectivity index is 0.00000137. The molecular weight excluding hydrogens is 1670 g/mol. The summed E-state index contributed by atoms with van der Waals surface area (Å²) in [5.74, 6) is 4.23. The van der Waals surface area contributed by atoms with E-state index in [4.69, 9.17) is 33.2 Å². The molecule has 0 heterocycles. The van der Waals surface area contributed by atoms with Crippen LogP contribution < -0.4 is 28.4 Å². The van der Waals surface area contributed by atoms with Gasteiger partial charge in [0.05, 0.1) is 51.7 Å². The summed E-state index contributed by atoms with van der Waals surface area (Å²) >= 11 is 0. The zero-order valence-corrected chi connectivity index (χ0v) is 93.6. The van der Waals surface area contributed by atoms with Gasteiger partial charge in [-0.3, -0.25) is 4.79 Å². The van der Waals surface area contributed by atoms with Crippen LogP contribution in [0, 0.1) is 5.41 Å². The van der Waals surface area contributed by atoms with Crippen molar-refractivity contribution in [1.29, 1.82) is 0 Å². The number of hydrogen-bond acceptors (Lipinski definition) is 9. The Hall–Kier alpha value is -3.33. The molecule has 1 N–H and O–H groups in total. The topological polar surface area (TPSA) is 102 Å². The smallest absolute Gasteiger partial charge is 0.311 e. The second-order valence-electron chi connectivity index (χ2n) is 43.7. The molecule has 2 rings (SSSR count). The van der Waals surface area contributed by atoms with Crippen LogP contribution in [0.15, 0.2) is 24.3 Å². The van der Waals surface area contributed by atoms with E-state index in [-0.39, 0.29) is 19.2 Å². The van der Waals surface area contributed by atoms with Gasteiger partial charge >= 0.3 is 5.97 Å². The Labute approximate surface area is 850 Å². The molecule has 0 spiro atoms. The van der Waals surface area contributed by atoms with E-state index in [1.54, 1.807) is 0 Å². The summed E-state index contributed by atoms with van der Waals surface area (Å²) in [6.45, 7) is 23.7. The number of aliphatic hydroxyl groups excluding tert-OH is 1. The molecule has 0 atom stereocenters. The monoisotopic (exact) mass is 1910 g/mol. The van der Waals surface area contributed by atoms with E-state index in [1.807, 2.05) is 45.0 Å². The largest absolute Gasteiger partial charge is 0.490 e. The van der Waals surface area contributed by atoms with Gasteiger partial charge < -0.3 is 38.3 Å². The minimum absolute atomic E-state index is 0.0236. The number of hydrogen-bond donors (Lipinski definition) is 1. The van der Waals surface area contributed by atoms with E-state index in [9.17, 15) is 9.90 Å². The van der Waals surface area contributed by atoms with Gasteiger partial charge in [-0.25, -0.2) is 0 Å². The van der Waals surface area contributed by atoms with Gasteiger partial charge in [0.1, 0.15) is 6.61 Å². The maximum atomic E-state index is 12.8. The lowest BCUT2D eigenvalue weighted by atomic mass is 9.97. The fourth-order valence-corrected chi connectivity index (χ4v) is 19.5. The van der Waals surface area contributed by atoms with Crippen molar-refractivity contribution in [3.8, 4) is 34.5 Å². The van der Waals surface area contributed by atoms with E-state index >= 15 is 0 Å². The number of carbonyl (C=O) groups excluding carboxylic acids is 1. The third kappa shape index (κ3) is 90.7. The Bertz CT molecular complexity index is 2550. The molecule has 0 unspecified atom stereocenters. The van der Waals surface area contributed by atoms with Crippen LogP contribution in [-0.2, 0) is 22.7 Å². The summed E-state index contributed by atoms with van der Waals surface area (Å²) in [5, 5.41) is 10.2. The minimum atomic E-state index is -0.560. The summed E-state index contributed by atoms with van der Waals surface area (Å²) in [6.07, 6.45) is 131. The van der Waals surface area contributed by atoms with Crippen molar-refractivity contribution in [3.05, 3.63) is 35.4 Å². The third-order valence-corrected chi connectivity index (χ3v) is 28.8. The van der Waals surface area contributed by atoms with Gasteiger partial charge in [-0.05, 0) is 94.7 Å². The fourth-order valence-electron chi connectivity index (χ4n) is 19.5. The second kappa shape index (κ2) is 107. The second-order valence-corrected chi connectivity index (χ2v) is 43.7. The highest BCUT2D eigenvalue weighted by Crippen LogP contribution is 2.42. The molecule has 9 nitrogen and oxygen atoms in total. The highest BCUT2D eigenvalue weighted by molar-refractivity contribution is 5.75. The minimum Gasteiger partial charge on any atom is -0.490 e. The molecule has 2 aromatic carbocycles. The number of esters is 1. The number of ether oxygens (including phenoxy) is 7. The van der Waals surface area contributed by atoms with Gasteiger partial charge in [0.25, 0.3) is 0 Å². The molecule has 0 radical (unpaired) electrons. The summed E-state index contributed by atoms with van der Waals surface area (Å²) < 4.78 is 45.0. The van der Waals surface area contributed by atoms with Crippen molar-refractivity contribution in [2.75, 3.05) is 39.6 Å². The van der Waals surface area contributed by atoms with Crippen molar-refractivity contribution in [1.82, 2.24) is 0 Å². The predicted molar refractivity (Wildman–Crippen MR) is 598 cm³/mol. The van der Waals surface area contributed by atoms with Gasteiger partial charge in [0.15, 0.2) is 23.0 Å². The Morgan fingerprint density at radius 2 is 0.316 bits per heavy atom. The van der Waals surface area contributed by atoms with Crippen LogP contribution in [0.5, 0.6) is 34.5 Å². The SMILES string of the molecule is CCCCCCCCCCCCCCCCCCOc1cc(CO)cc(OCCCCCCCCCCCCCCCCCC)c1OCCCCCCCCCCCCCCCCCC.CCCCCCCCCCCCCCCCCCOc1cc(COC(=O)C(C)(C)C)cc(OCCCCCCCCCCCCCCCCCC)c1OCCCCCCCCCCCCCCCCCC. The molecule has 0 aromatic heterocycles. The molecule has 0 saturated heterocycles. The van der Waals surface area contributed by atoms with Crippen LogP contribution >= 0.6 is 0 Å². The van der Waals surface area contributed by atoms with Gasteiger partial charge in [0, 0.05) is 0 Å². The number of unbranched alkanes of at least 4 members (excludes halogenated alkanes) is 90. The molecule has 9 heteroatoms. The maximum Gasteiger partial charge on any atom is 0.311 e. The van der Waals surface area contributed by atoms with Crippen LogP contribution in [-0.4, -0.2) is 50.7 Å². The predicted octanol–water partition coefficient (Wildman–Crippen LogP) is 43.8. The molecule has 136 heavy (non-hydrogen) atoms. The molecule has 0 saturated carbocycles. The van der Waals surface area contributed by atoms with Crippen molar-refractivity contribution in [2.24, 2.45) is 5.41 Å². The fraction of sp³-hybridized carbons (Fsp3) is 0.898. The lowest BCUT2D eigenvalue weighted by molar-refractivity contribution is -0.154. The van der Waals surface area contributed by atoms with Gasteiger partial charge in [-0.2, -0.15) is 0 Å². The average molecular weight is 1910 g/mol. The lowest BCUT2D eigenvalue weighted by Crippen LogP contribution is -2.22. The van der Waals surface area contributed by atoms with Crippen molar-refractivity contribution < 1.29 is 43.1 Å². The molecule has 0 fully saturated rings. The van der Waals surface area contributed by atoms with Crippen LogP contribution in [0.3, 0.4) is 0 Å². The molecule has 0 aliphatic rings. The highest BCUT2D eigenvalue weighted by atomic mass is 16.6. The summed E-state index contributed by atoms with van der Waals surface area (Å²) in [5.41, 5.74) is 1.17. The highest BCUT2D eigenvalue weighted by Gasteiger charge is 2.25. The van der Waals surface area contributed by atoms with Crippen molar-refractivity contribution >= 4 is 5.97 Å². The number of aliphatic hydroxyl groups is 1. The van der Waals surface area contributed by atoms with Gasteiger partial charge in [-0.15, -0.1) is 0 Å². The standard InChI is InChI=1S/C66H124O5.C61H116O4/c1-7-10-13-16-19-22-25-28-31-34-37-40-43-46-49-52-55-68-62-58-61(60-71-65(67)66(4,5)6)59-63(69-56-53-50-47-44-41-38-35-32-29-26-23-20-17-14-11-8-2)64(62)70-57-54-51-48-45-42-39-36-33-30-27-24-21-18-15-12-9-3;1-4-7-10-13-16-19-22-25-28-31-34-37-40-43-46-49-52-63-59-55-58(57-62)56-60(64-53-50-47-44-41-38-35-32-29-26-23-20-17-14-11-8-5-2)61(59)65-54-51-48-45-42-39-36-33-30-27-24-21-18-15-12-9-6-3/h58-59H,7-57,60H2,1-6H3;55-56,62H,4-54,57H2,1-3H3. The van der Waals surface area contributed by atoms with Crippen LogP contribution in [0.25, 0.3) is 0 Å². The number of benzene rings is 2. The Morgan fingerprint density at radius 3 is 0.449 bits per heavy atom. The molecule has 2 aromatic rings.